The fourth-order valence-corrected chi connectivity index (χ4v) is 11.2. The van der Waals surface area contributed by atoms with Gasteiger partial charge in [-0.2, -0.15) is 0 Å². The summed E-state index contributed by atoms with van der Waals surface area (Å²) in [4.78, 5) is 14.5. The van der Waals surface area contributed by atoms with Crippen LogP contribution in [0, 0.1) is 0 Å². The minimum absolute atomic E-state index is 0.0428. The molecular formula is C63H49N5S. The third kappa shape index (κ3) is 7.37. The molecule has 12 rings (SSSR count). The molecule has 8 aromatic carbocycles. The Bertz CT molecular complexity index is 3650. The number of rotatable bonds is 7. The zero-order valence-electron chi connectivity index (χ0n) is 38.6. The summed E-state index contributed by atoms with van der Waals surface area (Å²) in [6.45, 7) is 9.36. The van der Waals surface area contributed by atoms with Gasteiger partial charge in [0.15, 0.2) is 0 Å². The Balaban J connectivity index is 1.11. The number of fused-ring (bicyclic) bond motifs is 7. The van der Waals surface area contributed by atoms with Gasteiger partial charge in [0.1, 0.15) is 5.01 Å². The Morgan fingerprint density at radius 1 is 0.551 bits per heavy atom. The van der Waals surface area contributed by atoms with Crippen LogP contribution in [-0.2, 0) is 0 Å². The zero-order chi connectivity index (χ0) is 46.6. The average Bonchev–Trinajstić information content (AvgIpc) is 3.84. The van der Waals surface area contributed by atoms with Gasteiger partial charge in [-0.3, -0.25) is 0 Å². The lowest BCUT2D eigenvalue weighted by Crippen LogP contribution is -2.35. The maximum atomic E-state index is 4.94. The SMILES string of the molecule is C=C(/C=C\C(=C)c1nc2ccccc2s1)C1=c2ccc(N3c4ccccc4N(C)c4ccccc43)c/c2=C(c2ccc3ccccc3c2)/C=C/CC(N2c3ccccc3N(C)c3ccccc32)C=C1. The van der Waals surface area contributed by atoms with Crippen molar-refractivity contribution in [1.29, 1.82) is 0 Å². The molecule has 1 unspecified atom stereocenters. The molecule has 6 heteroatoms. The molecule has 69 heavy (non-hydrogen) atoms. The highest BCUT2D eigenvalue weighted by Crippen LogP contribution is 2.51. The molecule has 332 valence electrons. The van der Waals surface area contributed by atoms with E-state index in [1.165, 1.54) is 33.5 Å². The van der Waals surface area contributed by atoms with Crippen molar-refractivity contribution in [3.05, 3.63) is 258 Å². The van der Waals surface area contributed by atoms with Gasteiger partial charge in [-0.1, -0.05) is 153 Å². The molecule has 0 fully saturated rings. The molecule has 0 bridgehead atoms. The second-order valence-electron chi connectivity index (χ2n) is 17.8. The number of allylic oxidation sites excluding steroid dienone is 6. The lowest BCUT2D eigenvalue weighted by molar-refractivity contribution is 0.785. The first-order valence-corrected chi connectivity index (χ1v) is 24.3. The van der Waals surface area contributed by atoms with Crippen molar-refractivity contribution in [2.75, 3.05) is 33.7 Å². The molecule has 5 nitrogen and oxygen atoms in total. The number of nitrogens with zero attached hydrogens (tertiary/aromatic N) is 5. The van der Waals surface area contributed by atoms with Gasteiger partial charge in [0, 0.05) is 25.4 Å². The van der Waals surface area contributed by atoms with E-state index in [1.54, 1.807) is 11.3 Å². The highest BCUT2D eigenvalue weighted by Gasteiger charge is 2.31. The highest BCUT2D eigenvalue weighted by molar-refractivity contribution is 7.19. The lowest BCUT2D eigenvalue weighted by Gasteiger charge is -2.41. The zero-order valence-corrected chi connectivity index (χ0v) is 39.4. The second-order valence-corrected chi connectivity index (χ2v) is 18.9. The van der Waals surface area contributed by atoms with Gasteiger partial charge in [0.2, 0.25) is 0 Å². The van der Waals surface area contributed by atoms with Crippen LogP contribution in [0.5, 0.6) is 0 Å². The van der Waals surface area contributed by atoms with Crippen molar-refractivity contribution in [2.24, 2.45) is 0 Å². The first-order chi connectivity index (χ1) is 33.9. The minimum atomic E-state index is -0.0428. The number of para-hydroxylation sites is 9. The number of anilines is 9. The van der Waals surface area contributed by atoms with E-state index in [2.05, 4.69) is 253 Å². The molecule has 1 aromatic heterocycles. The number of benzene rings is 8. The van der Waals surface area contributed by atoms with Gasteiger partial charge in [-0.25, -0.2) is 4.98 Å². The second kappa shape index (κ2) is 17.3. The summed E-state index contributed by atoms with van der Waals surface area (Å²) >= 11 is 1.66. The molecule has 0 amide bonds. The minimum Gasteiger partial charge on any atom is -0.341 e. The Hall–Kier alpha value is -8.45. The molecule has 0 saturated heterocycles. The van der Waals surface area contributed by atoms with Crippen molar-refractivity contribution in [3.63, 3.8) is 0 Å². The predicted octanol–water partition coefficient (Wildman–Crippen LogP) is 15.0. The molecule has 0 spiro atoms. The monoisotopic (exact) mass is 907 g/mol. The molecule has 1 aliphatic carbocycles. The number of aromatic nitrogens is 1. The number of hydrogen-bond donors (Lipinski definition) is 0. The van der Waals surface area contributed by atoms with Crippen LogP contribution in [-0.4, -0.2) is 25.1 Å². The van der Waals surface area contributed by atoms with Crippen molar-refractivity contribution in [3.8, 4) is 0 Å². The maximum Gasteiger partial charge on any atom is 0.124 e. The van der Waals surface area contributed by atoms with E-state index in [9.17, 15) is 0 Å². The first kappa shape index (κ1) is 41.9. The van der Waals surface area contributed by atoms with Crippen LogP contribution < -0.4 is 30.0 Å². The Morgan fingerprint density at radius 3 is 1.78 bits per heavy atom. The van der Waals surface area contributed by atoms with Gasteiger partial charge in [-0.05, 0) is 129 Å². The summed E-state index contributed by atoms with van der Waals surface area (Å²) in [5, 5.41) is 5.49. The van der Waals surface area contributed by atoms with Crippen LogP contribution in [0.3, 0.4) is 0 Å². The van der Waals surface area contributed by atoms with Crippen LogP contribution in [0.4, 0.5) is 51.2 Å². The summed E-state index contributed by atoms with van der Waals surface area (Å²) in [7, 11) is 4.32. The fourth-order valence-electron chi connectivity index (χ4n) is 10.3. The van der Waals surface area contributed by atoms with E-state index in [0.29, 0.717) is 0 Å². The Labute approximate surface area is 407 Å². The van der Waals surface area contributed by atoms with E-state index < -0.39 is 0 Å². The third-order valence-electron chi connectivity index (χ3n) is 13.8. The van der Waals surface area contributed by atoms with Crippen LogP contribution >= 0.6 is 11.3 Å². The number of thiazole rings is 1. The van der Waals surface area contributed by atoms with Crippen LogP contribution in [0.25, 0.3) is 37.7 Å². The van der Waals surface area contributed by atoms with Crippen molar-refractivity contribution >= 4 is 100 Å². The van der Waals surface area contributed by atoms with E-state index in [0.717, 1.165) is 88.4 Å². The molecule has 3 heterocycles. The van der Waals surface area contributed by atoms with E-state index in [4.69, 9.17) is 11.6 Å². The average molecular weight is 908 g/mol. The van der Waals surface area contributed by atoms with Crippen LogP contribution in [0.2, 0.25) is 0 Å². The van der Waals surface area contributed by atoms with Gasteiger partial charge in [0.25, 0.3) is 0 Å². The molecule has 9 aromatic rings. The molecule has 1 atom stereocenters. The summed E-state index contributed by atoms with van der Waals surface area (Å²) in [6.07, 6.45) is 14.4. The van der Waals surface area contributed by atoms with Gasteiger partial charge in [0.05, 0.1) is 61.8 Å². The van der Waals surface area contributed by atoms with Gasteiger partial charge < -0.3 is 19.6 Å². The molecule has 0 radical (unpaired) electrons. The molecule has 0 saturated carbocycles. The van der Waals surface area contributed by atoms with Gasteiger partial charge >= 0.3 is 0 Å². The van der Waals surface area contributed by atoms with Gasteiger partial charge in [-0.15, -0.1) is 11.3 Å². The van der Waals surface area contributed by atoms with E-state index in [1.807, 2.05) is 6.07 Å². The molecular weight excluding hydrogens is 859 g/mol. The molecule has 2 aliphatic heterocycles. The predicted molar refractivity (Wildman–Crippen MR) is 295 cm³/mol. The summed E-state index contributed by atoms with van der Waals surface area (Å²) in [5.74, 6) is 0. The van der Waals surface area contributed by atoms with Crippen molar-refractivity contribution < 1.29 is 0 Å². The maximum absolute atomic E-state index is 4.94. The lowest BCUT2D eigenvalue weighted by atomic mass is 9.92. The smallest absolute Gasteiger partial charge is 0.124 e. The first-order valence-electron chi connectivity index (χ1n) is 23.5. The largest absolute Gasteiger partial charge is 0.341 e. The topological polar surface area (TPSA) is 25.9 Å². The molecule has 0 N–H and O–H groups in total. The summed E-state index contributed by atoms with van der Waals surface area (Å²) in [5.41, 5.74) is 16.3. The van der Waals surface area contributed by atoms with E-state index in [-0.39, 0.29) is 6.04 Å². The quantitative estimate of drug-likeness (QED) is 0.148. The fraction of sp³-hybridized carbons (Fsp3) is 0.0635. The van der Waals surface area contributed by atoms with Crippen molar-refractivity contribution in [2.45, 2.75) is 12.5 Å². The van der Waals surface area contributed by atoms with Crippen molar-refractivity contribution in [1.82, 2.24) is 4.98 Å². The summed E-state index contributed by atoms with van der Waals surface area (Å²) in [6, 6.07) is 65.5. The Morgan fingerprint density at radius 2 is 1.12 bits per heavy atom. The molecule has 3 aliphatic rings. The normalized spacial score (nSPS) is 16.5. The van der Waals surface area contributed by atoms with E-state index >= 15 is 0 Å². The number of hydrogen-bond acceptors (Lipinski definition) is 6. The summed E-state index contributed by atoms with van der Waals surface area (Å²) < 4.78 is 1.14. The third-order valence-corrected chi connectivity index (χ3v) is 14.9. The Kier molecular flexibility index (Phi) is 10.5. The standard InChI is InChI=1S/C63H49N5S/c1-42(32-33-43(2)63-64-53-22-7-16-31-62(53)69-63)49-38-36-47(67-58-27-12-8-23-54(58)65(3)55-24-9-13-28-59(55)67)20-17-21-50(46-35-34-44-18-5-6-19-45(44)40-46)52-41-48(37-39-51(49)52)68-60-29-14-10-25-56(60)66(4)57-26-11-15-30-61(57)68/h5-19,21-41,47H,1-2,20H2,3-4H3/b21-17+,33-32-,38-36?,51-49?,52-50+. The van der Waals surface area contributed by atoms with Crippen LogP contribution in [0.15, 0.2) is 237 Å². The van der Waals surface area contributed by atoms with Crippen LogP contribution in [0.1, 0.15) is 17.0 Å². The highest BCUT2D eigenvalue weighted by atomic mass is 32.1.